The Morgan fingerprint density at radius 2 is 2.50 bits per heavy atom. The molecular formula is C13H17N3O2. The molecule has 0 aromatic heterocycles. The van der Waals surface area contributed by atoms with E-state index in [-0.39, 0.29) is 17.9 Å². The van der Waals surface area contributed by atoms with Crippen LogP contribution in [0.3, 0.4) is 0 Å². The van der Waals surface area contributed by atoms with E-state index in [1.807, 2.05) is 13.0 Å². The van der Waals surface area contributed by atoms with Crippen LogP contribution in [0.2, 0.25) is 0 Å². The van der Waals surface area contributed by atoms with Crippen LogP contribution in [-0.2, 0) is 9.53 Å². The first kappa shape index (κ1) is 11.5. The zero-order valence-electron chi connectivity index (χ0n) is 10.3. The zero-order valence-corrected chi connectivity index (χ0v) is 10.3. The van der Waals surface area contributed by atoms with Gasteiger partial charge in [-0.05, 0) is 25.8 Å². The largest absolute Gasteiger partial charge is 0.465 e. The molecular weight excluding hydrogens is 230 g/mol. The molecule has 2 N–H and O–H groups in total. The fourth-order valence-corrected chi connectivity index (χ4v) is 2.77. The number of ether oxygens (including phenoxy) is 1. The minimum Gasteiger partial charge on any atom is -0.465 e. The van der Waals surface area contributed by atoms with Crippen molar-refractivity contribution in [3.05, 3.63) is 23.9 Å². The smallest absolute Gasteiger partial charge is 0.325 e. The Morgan fingerprint density at radius 1 is 1.61 bits per heavy atom. The molecule has 3 rings (SSSR count). The van der Waals surface area contributed by atoms with Crippen LogP contribution in [0.15, 0.2) is 28.9 Å². The molecule has 0 radical (unpaired) electrons. The number of hydrogen-bond acceptors (Lipinski definition) is 5. The minimum absolute atomic E-state index is 0.109. The van der Waals surface area contributed by atoms with Crippen molar-refractivity contribution in [1.29, 1.82) is 0 Å². The summed E-state index contributed by atoms with van der Waals surface area (Å²) in [4.78, 5) is 16.5. The molecule has 3 unspecified atom stereocenters. The standard InChI is InChI=1S/C13H17N3O2/c1-2-18-13(17)11-9-7-8-5-3-4-6-10(8)14-12(9)16-15-11/h3-4,6,8-9,11,15H,2,5,7H2,1H3,(H,14,16). The summed E-state index contributed by atoms with van der Waals surface area (Å²) in [6, 6.07) is -0.309. The van der Waals surface area contributed by atoms with Crippen molar-refractivity contribution in [2.75, 3.05) is 6.61 Å². The monoisotopic (exact) mass is 247 g/mol. The summed E-state index contributed by atoms with van der Waals surface area (Å²) in [5.74, 6) is 1.21. The number of carbonyl (C=O) groups is 1. The summed E-state index contributed by atoms with van der Waals surface area (Å²) in [6.45, 7) is 2.23. The highest BCUT2D eigenvalue weighted by Crippen LogP contribution is 2.35. The first-order valence-electron chi connectivity index (χ1n) is 6.43. The second-order valence-electron chi connectivity index (χ2n) is 4.79. The van der Waals surface area contributed by atoms with E-state index in [2.05, 4.69) is 28.0 Å². The second-order valence-corrected chi connectivity index (χ2v) is 4.79. The van der Waals surface area contributed by atoms with E-state index in [9.17, 15) is 4.79 Å². The lowest BCUT2D eigenvalue weighted by atomic mass is 9.81. The SMILES string of the molecule is CCOC(=O)C1NNC2=NC3=CC=CCC3CC21. The van der Waals surface area contributed by atoms with Crippen molar-refractivity contribution < 1.29 is 9.53 Å². The Balaban J connectivity index is 1.81. The van der Waals surface area contributed by atoms with Crippen molar-refractivity contribution in [2.24, 2.45) is 16.8 Å². The normalized spacial score (nSPS) is 32.8. The predicted molar refractivity (Wildman–Crippen MR) is 67.6 cm³/mol. The van der Waals surface area contributed by atoms with Gasteiger partial charge in [0.05, 0.1) is 6.61 Å². The molecule has 0 amide bonds. The molecule has 0 saturated carbocycles. The fraction of sp³-hybridized carbons (Fsp3) is 0.538. The molecule has 5 heteroatoms. The Morgan fingerprint density at radius 3 is 3.33 bits per heavy atom. The number of allylic oxidation sites excluding steroid dienone is 4. The molecule has 1 saturated heterocycles. The number of esters is 1. The number of rotatable bonds is 2. The maximum Gasteiger partial charge on any atom is 0.325 e. The lowest BCUT2D eigenvalue weighted by molar-refractivity contribution is -0.146. The van der Waals surface area contributed by atoms with Gasteiger partial charge in [0, 0.05) is 17.5 Å². The summed E-state index contributed by atoms with van der Waals surface area (Å²) in [6.07, 6.45) is 8.20. The molecule has 0 spiro atoms. The zero-order chi connectivity index (χ0) is 12.5. The van der Waals surface area contributed by atoms with Crippen LogP contribution in [0, 0.1) is 11.8 Å². The molecule has 2 heterocycles. The Kier molecular flexibility index (Phi) is 2.91. The van der Waals surface area contributed by atoms with Gasteiger partial charge in [-0.25, -0.2) is 10.4 Å². The third kappa shape index (κ3) is 1.84. The van der Waals surface area contributed by atoms with E-state index in [1.165, 1.54) is 0 Å². The molecule has 2 aliphatic heterocycles. The van der Waals surface area contributed by atoms with E-state index in [0.717, 1.165) is 24.4 Å². The van der Waals surface area contributed by atoms with Gasteiger partial charge in [-0.1, -0.05) is 12.2 Å². The first-order valence-corrected chi connectivity index (χ1v) is 6.43. The van der Waals surface area contributed by atoms with Gasteiger partial charge in [0.1, 0.15) is 11.9 Å². The van der Waals surface area contributed by atoms with Crippen LogP contribution in [0.1, 0.15) is 19.8 Å². The number of carbonyl (C=O) groups excluding carboxylic acids is 1. The van der Waals surface area contributed by atoms with Crippen LogP contribution >= 0.6 is 0 Å². The third-order valence-corrected chi connectivity index (χ3v) is 3.68. The highest BCUT2D eigenvalue weighted by atomic mass is 16.5. The van der Waals surface area contributed by atoms with Gasteiger partial charge in [-0.3, -0.25) is 4.79 Å². The lowest BCUT2D eigenvalue weighted by Crippen LogP contribution is -2.40. The first-order chi connectivity index (χ1) is 8.79. The van der Waals surface area contributed by atoms with Crippen LogP contribution in [0.25, 0.3) is 0 Å². The average Bonchev–Trinajstić information content (AvgIpc) is 2.79. The van der Waals surface area contributed by atoms with Gasteiger partial charge in [0.15, 0.2) is 0 Å². The predicted octanol–water partition coefficient (Wildman–Crippen LogP) is 0.904. The highest BCUT2D eigenvalue weighted by molar-refractivity contribution is 5.94. The maximum atomic E-state index is 11.9. The Labute approximate surface area is 106 Å². The van der Waals surface area contributed by atoms with Crippen LogP contribution in [-0.4, -0.2) is 24.5 Å². The summed E-state index contributed by atoms with van der Waals surface area (Å²) in [7, 11) is 0. The number of hydrogen-bond donors (Lipinski definition) is 2. The van der Waals surface area contributed by atoms with Gasteiger partial charge in [0.2, 0.25) is 0 Å². The topological polar surface area (TPSA) is 62.7 Å². The van der Waals surface area contributed by atoms with Gasteiger partial charge in [-0.2, -0.15) is 0 Å². The summed E-state index contributed by atoms with van der Waals surface area (Å²) < 4.78 is 5.09. The van der Waals surface area contributed by atoms with E-state index in [0.29, 0.717) is 12.5 Å². The summed E-state index contributed by atoms with van der Waals surface area (Å²) >= 11 is 0. The van der Waals surface area contributed by atoms with Crippen molar-refractivity contribution in [3.8, 4) is 0 Å². The lowest BCUT2D eigenvalue weighted by Gasteiger charge is -2.28. The van der Waals surface area contributed by atoms with Gasteiger partial charge in [0.25, 0.3) is 0 Å². The summed E-state index contributed by atoms with van der Waals surface area (Å²) in [5.41, 5.74) is 7.12. The quantitative estimate of drug-likeness (QED) is 0.712. The van der Waals surface area contributed by atoms with Crippen LogP contribution in [0.4, 0.5) is 0 Å². The number of nitrogens with one attached hydrogen (secondary N) is 2. The number of amidine groups is 1. The van der Waals surface area contributed by atoms with Crippen molar-refractivity contribution in [2.45, 2.75) is 25.8 Å². The summed E-state index contributed by atoms with van der Waals surface area (Å²) in [5, 5.41) is 0. The molecule has 0 aromatic carbocycles. The molecule has 96 valence electrons. The minimum atomic E-state index is -0.309. The molecule has 5 nitrogen and oxygen atoms in total. The van der Waals surface area contributed by atoms with E-state index >= 15 is 0 Å². The Hall–Kier alpha value is -1.62. The third-order valence-electron chi connectivity index (χ3n) is 3.68. The molecule has 0 aromatic rings. The average molecular weight is 247 g/mol. The van der Waals surface area contributed by atoms with Gasteiger partial charge < -0.3 is 10.2 Å². The maximum absolute atomic E-state index is 11.9. The van der Waals surface area contributed by atoms with Gasteiger partial charge in [-0.15, -0.1) is 0 Å². The number of aliphatic imine (C=N–C) groups is 1. The molecule has 1 fully saturated rings. The number of hydrazine groups is 1. The number of nitrogens with zero attached hydrogens (tertiary/aromatic N) is 1. The van der Waals surface area contributed by atoms with Crippen LogP contribution < -0.4 is 10.9 Å². The van der Waals surface area contributed by atoms with E-state index in [1.54, 1.807) is 0 Å². The molecule has 3 aliphatic rings. The Bertz CT molecular complexity index is 453. The van der Waals surface area contributed by atoms with Crippen molar-refractivity contribution in [3.63, 3.8) is 0 Å². The molecule has 0 bridgehead atoms. The van der Waals surface area contributed by atoms with E-state index < -0.39 is 0 Å². The number of fused-ring (bicyclic) bond motifs is 2. The fourth-order valence-electron chi connectivity index (χ4n) is 2.77. The molecule has 18 heavy (non-hydrogen) atoms. The van der Waals surface area contributed by atoms with E-state index in [4.69, 9.17) is 4.74 Å². The second kappa shape index (κ2) is 4.57. The highest BCUT2D eigenvalue weighted by Gasteiger charge is 2.43. The van der Waals surface area contributed by atoms with Crippen molar-refractivity contribution in [1.82, 2.24) is 10.9 Å². The van der Waals surface area contributed by atoms with Crippen LogP contribution in [0.5, 0.6) is 0 Å². The molecule has 1 aliphatic carbocycles. The van der Waals surface area contributed by atoms with Gasteiger partial charge >= 0.3 is 5.97 Å². The molecule has 3 atom stereocenters. The van der Waals surface area contributed by atoms with Crippen molar-refractivity contribution >= 4 is 11.8 Å².